The second-order valence-electron chi connectivity index (χ2n) is 6.47. The summed E-state index contributed by atoms with van der Waals surface area (Å²) in [5.74, 6) is 0.768. The molecule has 0 unspecified atom stereocenters. The summed E-state index contributed by atoms with van der Waals surface area (Å²) in [6.45, 7) is 10.6. The number of hydrogen-bond donors (Lipinski definition) is 0. The van der Waals surface area contributed by atoms with Crippen LogP contribution in [0.1, 0.15) is 42.4 Å². The highest BCUT2D eigenvalue weighted by Crippen LogP contribution is 2.17. The Labute approximate surface area is 138 Å². The summed E-state index contributed by atoms with van der Waals surface area (Å²) >= 11 is 0. The summed E-state index contributed by atoms with van der Waals surface area (Å²) in [6, 6.07) is 1.82. The van der Waals surface area contributed by atoms with Crippen LogP contribution in [0.25, 0.3) is 0 Å². The number of amides is 1. The van der Waals surface area contributed by atoms with E-state index >= 15 is 0 Å². The van der Waals surface area contributed by atoms with Crippen LogP contribution in [0.2, 0.25) is 0 Å². The van der Waals surface area contributed by atoms with Gasteiger partial charge in [-0.1, -0.05) is 6.92 Å². The van der Waals surface area contributed by atoms with Gasteiger partial charge >= 0.3 is 0 Å². The molecule has 1 aromatic rings. The molecule has 0 atom stereocenters. The lowest BCUT2D eigenvalue weighted by atomic mass is 10.1. The molecule has 0 spiro atoms. The van der Waals surface area contributed by atoms with Crippen molar-refractivity contribution >= 4 is 11.9 Å². The first-order chi connectivity index (χ1) is 11.2. The molecule has 0 aromatic carbocycles. The number of aromatic nitrogens is 2. The molecule has 2 fully saturated rings. The van der Waals surface area contributed by atoms with E-state index in [1.807, 2.05) is 17.9 Å². The molecule has 6 heteroatoms. The summed E-state index contributed by atoms with van der Waals surface area (Å²) in [5, 5.41) is 0. The Bertz CT molecular complexity index is 548. The van der Waals surface area contributed by atoms with Gasteiger partial charge in [-0.2, -0.15) is 0 Å². The molecule has 2 saturated heterocycles. The molecular formula is C17H27N5O. The lowest BCUT2D eigenvalue weighted by Gasteiger charge is -2.34. The predicted molar refractivity (Wildman–Crippen MR) is 90.9 cm³/mol. The maximum absolute atomic E-state index is 12.8. The fourth-order valence-corrected chi connectivity index (χ4v) is 3.33. The maximum atomic E-state index is 12.8. The van der Waals surface area contributed by atoms with Gasteiger partial charge in [0.1, 0.15) is 5.69 Å². The van der Waals surface area contributed by atoms with Gasteiger partial charge in [0, 0.05) is 45.0 Å². The first-order valence-electron chi connectivity index (χ1n) is 8.79. The number of rotatable bonds is 3. The fraction of sp³-hybridized carbons (Fsp3) is 0.706. The van der Waals surface area contributed by atoms with Crippen molar-refractivity contribution in [3.05, 3.63) is 17.5 Å². The van der Waals surface area contributed by atoms with Crippen LogP contribution in [0.15, 0.2) is 6.07 Å². The molecule has 3 rings (SSSR count). The Hall–Kier alpha value is -1.69. The fourth-order valence-electron chi connectivity index (χ4n) is 3.33. The highest BCUT2D eigenvalue weighted by molar-refractivity contribution is 5.92. The zero-order chi connectivity index (χ0) is 16.2. The Morgan fingerprint density at radius 3 is 2.39 bits per heavy atom. The topological polar surface area (TPSA) is 52.6 Å². The van der Waals surface area contributed by atoms with E-state index in [4.69, 9.17) is 0 Å². The number of aryl methyl sites for hydroxylation is 1. The third-order valence-electron chi connectivity index (χ3n) is 4.81. The van der Waals surface area contributed by atoms with Gasteiger partial charge in [0.25, 0.3) is 5.91 Å². The summed E-state index contributed by atoms with van der Waals surface area (Å²) in [7, 11) is 0. The van der Waals surface area contributed by atoms with Crippen molar-refractivity contribution in [3.8, 4) is 0 Å². The standard InChI is InChI=1S/C17H27N5O/c1-3-20-9-11-21(12-10-20)16(23)15-13-14(2)18-17(19-15)22-7-5-4-6-8-22/h13H,3-12H2,1-2H3. The number of anilines is 1. The molecule has 23 heavy (non-hydrogen) atoms. The van der Waals surface area contributed by atoms with Gasteiger partial charge in [0.15, 0.2) is 0 Å². The molecule has 6 nitrogen and oxygen atoms in total. The van der Waals surface area contributed by atoms with E-state index in [9.17, 15) is 4.79 Å². The van der Waals surface area contributed by atoms with E-state index in [1.165, 1.54) is 19.3 Å². The van der Waals surface area contributed by atoms with Crippen molar-refractivity contribution in [2.75, 3.05) is 50.7 Å². The quantitative estimate of drug-likeness (QED) is 0.847. The molecule has 0 bridgehead atoms. The first kappa shape index (κ1) is 16.2. The Kier molecular flexibility index (Phi) is 5.10. The molecule has 1 amide bonds. The van der Waals surface area contributed by atoms with E-state index in [1.54, 1.807) is 0 Å². The van der Waals surface area contributed by atoms with Crippen molar-refractivity contribution in [2.24, 2.45) is 0 Å². The number of piperazine rings is 1. The van der Waals surface area contributed by atoms with Gasteiger partial charge in [0.05, 0.1) is 0 Å². The van der Waals surface area contributed by atoms with Crippen LogP contribution >= 0.6 is 0 Å². The van der Waals surface area contributed by atoms with Crippen molar-refractivity contribution < 1.29 is 4.79 Å². The zero-order valence-corrected chi connectivity index (χ0v) is 14.3. The van der Waals surface area contributed by atoms with Crippen LogP contribution in [0, 0.1) is 6.92 Å². The van der Waals surface area contributed by atoms with Crippen molar-refractivity contribution in [2.45, 2.75) is 33.1 Å². The van der Waals surface area contributed by atoms with Crippen LogP contribution < -0.4 is 4.90 Å². The summed E-state index contributed by atoms with van der Waals surface area (Å²) in [4.78, 5) is 28.4. The normalized spacial score (nSPS) is 19.9. The van der Waals surface area contributed by atoms with Gasteiger partial charge in [-0.25, -0.2) is 9.97 Å². The Balaban J connectivity index is 1.74. The van der Waals surface area contributed by atoms with E-state index < -0.39 is 0 Å². The molecule has 2 aliphatic rings. The van der Waals surface area contributed by atoms with E-state index in [-0.39, 0.29) is 5.91 Å². The molecular weight excluding hydrogens is 290 g/mol. The monoisotopic (exact) mass is 317 g/mol. The average Bonchev–Trinajstić information content (AvgIpc) is 2.61. The highest BCUT2D eigenvalue weighted by Gasteiger charge is 2.24. The lowest BCUT2D eigenvalue weighted by Crippen LogP contribution is -2.48. The van der Waals surface area contributed by atoms with Crippen molar-refractivity contribution in [3.63, 3.8) is 0 Å². The van der Waals surface area contributed by atoms with E-state index in [0.29, 0.717) is 5.69 Å². The second kappa shape index (κ2) is 7.25. The Morgan fingerprint density at radius 1 is 1.04 bits per heavy atom. The second-order valence-corrected chi connectivity index (χ2v) is 6.47. The predicted octanol–water partition coefficient (Wildman–Crippen LogP) is 1.55. The summed E-state index contributed by atoms with van der Waals surface area (Å²) in [6.07, 6.45) is 3.63. The third kappa shape index (κ3) is 3.80. The minimum Gasteiger partial charge on any atom is -0.341 e. The molecule has 2 aliphatic heterocycles. The van der Waals surface area contributed by atoms with E-state index in [0.717, 1.165) is 57.5 Å². The largest absolute Gasteiger partial charge is 0.341 e. The number of hydrogen-bond acceptors (Lipinski definition) is 5. The summed E-state index contributed by atoms with van der Waals surface area (Å²) in [5.41, 5.74) is 1.42. The number of likely N-dealkylation sites (N-methyl/N-ethyl adjacent to an activating group) is 1. The first-order valence-corrected chi connectivity index (χ1v) is 8.79. The van der Waals surface area contributed by atoms with Gasteiger partial charge in [-0.15, -0.1) is 0 Å². The van der Waals surface area contributed by atoms with Gasteiger partial charge in [-0.05, 0) is 38.8 Å². The number of nitrogens with zero attached hydrogens (tertiary/aromatic N) is 5. The van der Waals surface area contributed by atoms with Gasteiger partial charge < -0.3 is 14.7 Å². The third-order valence-corrected chi connectivity index (χ3v) is 4.81. The Morgan fingerprint density at radius 2 is 1.74 bits per heavy atom. The van der Waals surface area contributed by atoms with Gasteiger partial charge in [-0.3, -0.25) is 4.79 Å². The van der Waals surface area contributed by atoms with Crippen LogP contribution in [0.4, 0.5) is 5.95 Å². The highest BCUT2D eigenvalue weighted by atomic mass is 16.2. The number of carbonyl (C=O) groups is 1. The van der Waals surface area contributed by atoms with E-state index in [2.05, 4.69) is 26.7 Å². The van der Waals surface area contributed by atoms with Crippen LogP contribution in [-0.2, 0) is 0 Å². The van der Waals surface area contributed by atoms with Crippen molar-refractivity contribution in [1.82, 2.24) is 19.8 Å². The van der Waals surface area contributed by atoms with Crippen LogP contribution in [-0.4, -0.2) is 71.5 Å². The van der Waals surface area contributed by atoms with Gasteiger partial charge in [0.2, 0.25) is 5.95 Å². The smallest absolute Gasteiger partial charge is 0.272 e. The minimum absolute atomic E-state index is 0.0458. The average molecular weight is 317 g/mol. The zero-order valence-electron chi connectivity index (χ0n) is 14.3. The lowest BCUT2D eigenvalue weighted by molar-refractivity contribution is 0.0637. The SMILES string of the molecule is CCN1CCN(C(=O)c2cc(C)nc(N3CCCCC3)n2)CC1. The molecule has 0 aliphatic carbocycles. The molecule has 3 heterocycles. The molecule has 0 saturated carbocycles. The maximum Gasteiger partial charge on any atom is 0.272 e. The molecule has 0 N–H and O–H groups in total. The van der Waals surface area contributed by atoms with Crippen LogP contribution in [0.3, 0.4) is 0 Å². The van der Waals surface area contributed by atoms with Crippen LogP contribution in [0.5, 0.6) is 0 Å². The molecule has 0 radical (unpaired) electrons. The minimum atomic E-state index is 0.0458. The number of piperidine rings is 1. The molecule has 1 aromatic heterocycles. The number of carbonyl (C=O) groups excluding carboxylic acids is 1. The molecule has 126 valence electrons. The van der Waals surface area contributed by atoms with Crippen molar-refractivity contribution in [1.29, 1.82) is 0 Å². The summed E-state index contributed by atoms with van der Waals surface area (Å²) < 4.78 is 0.